The molecular weight excluding hydrogens is 248 g/mol. The van der Waals surface area contributed by atoms with Gasteiger partial charge in [-0.1, -0.05) is 29.8 Å². The zero-order valence-electron chi connectivity index (χ0n) is 10.2. The summed E-state index contributed by atoms with van der Waals surface area (Å²) in [5, 5.41) is 21.4. The monoisotopic (exact) mass is 262 g/mol. The van der Waals surface area contributed by atoms with Gasteiger partial charge in [0.2, 0.25) is 0 Å². The highest BCUT2D eigenvalue weighted by Crippen LogP contribution is 2.35. The highest BCUT2D eigenvalue weighted by atomic mass is 32.1. The van der Waals surface area contributed by atoms with Gasteiger partial charge in [0.15, 0.2) is 0 Å². The molecule has 1 aromatic heterocycles. The lowest BCUT2D eigenvalue weighted by molar-refractivity contribution is 0.0674. The van der Waals surface area contributed by atoms with Crippen LogP contribution < -0.4 is 0 Å². The lowest BCUT2D eigenvalue weighted by atomic mass is 9.91. The van der Waals surface area contributed by atoms with E-state index < -0.39 is 11.6 Å². The van der Waals surface area contributed by atoms with E-state index in [2.05, 4.69) is 0 Å². The first kappa shape index (κ1) is 12.8. The molecule has 0 spiro atoms. The number of carboxylic acids is 1. The highest BCUT2D eigenvalue weighted by molar-refractivity contribution is 7.10. The summed E-state index contributed by atoms with van der Waals surface area (Å²) in [6.45, 7) is 3.59. The second-order valence-electron chi connectivity index (χ2n) is 4.41. The van der Waals surface area contributed by atoms with Crippen LogP contribution >= 0.6 is 11.3 Å². The molecule has 0 amide bonds. The van der Waals surface area contributed by atoms with Crippen molar-refractivity contribution in [3.05, 3.63) is 57.3 Å². The van der Waals surface area contributed by atoms with Crippen molar-refractivity contribution in [3.63, 3.8) is 0 Å². The number of hydrogen-bond donors (Lipinski definition) is 2. The molecule has 1 heterocycles. The normalized spacial score (nSPS) is 14.2. The molecule has 0 bridgehead atoms. The molecule has 0 fully saturated rings. The van der Waals surface area contributed by atoms with Crippen LogP contribution in [0.3, 0.4) is 0 Å². The molecule has 2 N–H and O–H groups in total. The Kier molecular flexibility index (Phi) is 3.24. The van der Waals surface area contributed by atoms with Crippen LogP contribution in [0.1, 0.15) is 33.3 Å². The number of aryl methyl sites for hydroxylation is 1. The third-order valence-electron chi connectivity index (χ3n) is 2.95. The second kappa shape index (κ2) is 4.55. The van der Waals surface area contributed by atoms with Gasteiger partial charge in [0, 0.05) is 0 Å². The Morgan fingerprint density at radius 2 is 1.83 bits per heavy atom. The zero-order valence-corrected chi connectivity index (χ0v) is 11.0. The highest BCUT2D eigenvalue weighted by Gasteiger charge is 2.31. The molecule has 1 atom stereocenters. The van der Waals surface area contributed by atoms with Crippen molar-refractivity contribution in [1.82, 2.24) is 0 Å². The average molecular weight is 262 g/mol. The maximum atomic E-state index is 11.1. The Labute approximate surface area is 109 Å². The van der Waals surface area contributed by atoms with Crippen molar-refractivity contribution >= 4 is 17.3 Å². The van der Waals surface area contributed by atoms with E-state index in [-0.39, 0.29) is 5.56 Å². The minimum absolute atomic E-state index is 0.158. The molecular formula is C14H14O3S. The van der Waals surface area contributed by atoms with Crippen LogP contribution in [0.2, 0.25) is 0 Å². The van der Waals surface area contributed by atoms with Gasteiger partial charge in [0.1, 0.15) is 5.60 Å². The predicted molar refractivity (Wildman–Crippen MR) is 71.1 cm³/mol. The van der Waals surface area contributed by atoms with Gasteiger partial charge in [0.05, 0.1) is 10.4 Å². The fraction of sp³-hybridized carbons (Fsp3) is 0.214. The van der Waals surface area contributed by atoms with Crippen LogP contribution in [0.15, 0.2) is 35.7 Å². The number of carbonyl (C=O) groups is 1. The largest absolute Gasteiger partial charge is 0.478 e. The zero-order chi connectivity index (χ0) is 13.3. The molecule has 2 rings (SSSR count). The maximum absolute atomic E-state index is 11.1. The molecule has 94 valence electrons. The summed E-state index contributed by atoms with van der Waals surface area (Å²) in [4.78, 5) is 11.6. The number of hydrogen-bond acceptors (Lipinski definition) is 3. The molecule has 0 aliphatic heterocycles. The van der Waals surface area contributed by atoms with Gasteiger partial charge < -0.3 is 10.2 Å². The summed E-state index contributed by atoms with van der Waals surface area (Å²) < 4.78 is 0. The van der Waals surface area contributed by atoms with Crippen LogP contribution in [-0.2, 0) is 5.60 Å². The van der Waals surface area contributed by atoms with E-state index in [1.807, 2.05) is 31.2 Å². The lowest BCUT2D eigenvalue weighted by Crippen LogP contribution is -2.23. The van der Waals surface area contributed by atoms with Crippen LogP contribution in [0, 0.1) is 6.92 Å². The van der Waals surface area contributed by atoms with E-state index in [4.69, 9.17) is 5.11 Å². The summed E-state index contributed by atoms with van der Waals surface area (Å²) in [6.07, 6.45) is 0. The minimum Gasteiger partial charge on any atom is -0.478 e. The Hall–Kier alpha value is -1.65. The van der Waals surface area contributed by atoms with Gasteiger partial charge in [-0.3, -0.25) is 0 Å². The Bertz CT molecular complexity index is 567. The van der Waals surface area contributed by atoms with Crippen molar-refractivity contribution < 1.29 is 15.0 Å². The molecule has 0 radical (unpaired) electrons. The Balaban J connectivity index is 2.50. The quantitative estimate of drug-likeness (QED) is 0.894. The van der Waals surface area contributed by atoms with Gasteiger partial charge in [-0.25, -0.2) is 4.79 Å². The SMILES string of the molecule is Cc1ccc(C(C)(O)c2sccc2C(=O)O)cc1. The summed E-state index contributed by atoms with van der Waals surface area (Å²) in [7, 11) is 0. The first-order chi connectivity index (χ1) is 8.43. The number of rotatable bonds is 3. The molecule has 2 aromatic rings. The Morgan fingerprint density at radius 1 is 1.22 bits per heavy atom. The van der Waals surface area contributed by atoms with E-state index in [9.17, 15) is 9.90 Å². The molecule has 0 saturated carbocycles. The maximum Gasteiger partial charge on any atom is 0.336 e. The van der Waals surface area contributed by atoms with Gasteiger partial charge in [0.25, 0.3) is 0 Å². The van der Waals surface area contributed by atoms with Crippen LogP contribution in [-0.4, -0.2) is 16.2 Å². The molecule has 1 unspecified atom stereocenters. The second-order valence-corrected chi connectivity index (χ2v) is 5.32. The average Bonchev–Trinajstić information content (AvgIpc) is 2.79. The minimum atomic E-state index is -1.28. The molecule has 0 saturated heterocycles. The number of carboxylic acid groups (broad SMARTS) is 1. The lowest BCUT2D eigenvalue weighted by Gasteiger charge is -2.23. The number of thiophene rings is 1. The van der Waals surface area contributed by atoms with Crippen molar-refractivity contribution in [2.45, 2.75) is 19.4 Å². The Morgan fingerprint density at radius 3 is 2.39 bits per heavy atom. The van der Waals surface area contributed by atoms with E-state index in [1.165, 1.54) is 17.4 Å². The molecule has 0 aliphatic carbocycles. The predicted octanol–water partition coefficient (Wildman–Crippen LogP) is 3.01. The van der Waals surface area contributed by atoms with Crippen LogP contribution in [0.25, 0.3) is 0 Å². The smallest absolute Gasteiger partial charge is 0.336 e. The molecule has 4 heteroatoms. The third kappa shape index (κ3) is 2.17. The van der Waals surface area contributed by atoms with Crippen LogP contribution in [0.5, 0.6) is 0 Å². The van der Waals surface area contributed by atoms with Crippen molar-refractivity contribution in [2.24, 2.45) is 0 Å². The van der Waals surface area contributed by atoms with Gasteiger partial charge >= 0.3 is 5.97 Å². The number of aliphatic hydroxyl groups is 1. The van der Waals surface area contributed by atoms with Crippen molar-refractivity contribution in [1.29, 1.82) is 0 Å². The molecule has 18 heavy (non-hydrogen) atoms. The van der Waals surface area contributed by atoms with E-state index in [0.29, 0.717) is 10.4 Å². The van der Waals surface area contributed by atoms with Crippen LogP contribution in [0.4, 0.5) is 0 Å². The summed E-state index contributed by atoms with van der Waals surface area (Å²) in [5.74, 6) is -1.02. The molecule has 0 aliphatic rings. The topological polar surface area (TPSA) is 57.5 Å². The standard InChI is InChI=1S/C14H14O3S/c1-9-3-5-10(6-4-9)14(2,17)12-11(13(15)16)7-8-18-12/h3-8,17H,1-2H3,(H,15,16). The van der Waals surface area contributed by atoms with Crippen molar-refractivity contribution in [3.8, 4) is 0 Å². The van der Waals surface area contributed by atoms with Gasteiger partial charge in [-0.15, -0.1) is 11.3 Å². The fourth-order valence-corrected chi connectivity index (χ4v) is 2.83. The summed E-state index contributed by atoms with van der Waals surface area (Å²) >= 11 is 1.25. The molecule has 3 nitrogen and oxygen atoms in total. The number of benzene rings is 1. The van der Waals surface area contributed by atoms with Gasteiger partial charge in [-0.05, 0) is 30.9 Å². The van der Waals surface area contributed by atoms with Gasteiger partial charge in [-0.2, -0.15) is 0 Å². The fourth-order valence-electron chi connectivity index (χ4n) is 1.86. The van der Waals surface area contributed by atoms with E-state index in [1.54, 1.807) is 12.3 Å². The van der Waals surface area contributed by atoms with E-state index >= 15 is 0 Å². The first-order valence-corrected chi connectivity index (χ1v) is 6.41. The first-order valence-electron chi connectivity index (χ1n) is 5.53. The summed E-state index contributed by atoms with van der Waals surface area (Å²) in [6, 6.07) is 8.96. The summed E-state index contributed by atoms with van der Waals surface area (Å²) in [5.41, 5.74) is 0.665. The third-order valence-corrected chi connectivity index (χ3v) is 4.08. The van der Waals surface area contributed by atoms with Crippen molar-refractivity contribution in [2.75, 3.05) is 0 Å². The molecule has 1 aromatic carbocycles. The van der Waals surface area contributed by atoms with E-state index in [0.717, 1.165) is 5.56 Å². The number of aromatic carboxylic acids is 1.